The molecular formula is C15H11ClN2OS2. The second-order valence-corrected chi connectivity index (χ2v) is 6.80. The number of halogens is 1. The first-order valence-electron chi connectivity index (χ1n) is 6.22. The molecule has 0 radical (unpaired) electrons. The summed E-state index contributed by atoms with van der Waals surface area (Å²) in [7, 11) is 0. The molecule has 106 valence electrons. The van der Waals surface area contributed by atoms with Crippen LogP contribution < -0.4 is 5.32 Å². The van der Waals surface area contributed by atoms with Crippen LogP contribution in [0, 0.1) is 6.92 Å². The number of aliphatic imine (C=N–C) groups is 1. The van der Waals surface area contributed by atoms with Gasteiger partial charge in [-0.25, -0.2) is 4.99 Å². The average Bonchev–Trinajstić information content (AvgIpc) is 3.07. The Bertz CT molecular complexity index is 751. The zero-order valence-electron chi connectivity index (χ0n) is 11.1. The maximum Gasteiger partial charge on any atom is 0.264 e. The molecule has 0 unspecified atom stereocenters. The standard InChI is InChI=1S/C15H11ClN2OS2/c1-9-11(16)5-2-6-12(9)17-15-18-14(19)13(21-15)8-10-4-3-7-20-10/h2-8H,1H3,(H,17,18,19). The zero-order chi connectivity index (χ0) is 14.8. The number of hydrogen-bond acceptors (Lipinski definition) is 4. The van der Waals surface area contributed by atoms with E-state index in [1.54, 1.807) is 11.3 Å². The van der Waals surface area contributed by atoms with Gasteiger partial charge >= 0.3 is 0 Å². The van der Waals surface area contributed by atoms with E-state index in [-0.39, 0.29) is 5.91 Å². The number of thiophene rings is 1. The number of amidine groups is 1. The number of carbonyl (C=O) groups excluding carboxylic acids is 1. The minimum absolute atomic E-state index is 0.119. The highest BCUT2D eigenvalue weighted by Crippen LogP contribution is 2.31. The highest BCUT2D eigenvalue weighted by Gasteiger charge is 2.24. The monoisotopic (exact) mass is 334 g/mol. The van der Waals surface area contributed by atoms with Crippen molar-refractivity contribution < 1.29 is 4.79 Å². The van der Waals surface area contributed by atoms with Crippen molar-refractivity contribution in [3.05, 3.63) is 56.1 Å². The average molecular weight is 335 g/mol. The molecule has 1 saturated heterocycles. The molecule has 1 aliphatic heterocycles. The molecule has 0 aliphatic carbocycles. The molecule has 2 heterocycles. The van der Waals surface area contributed by atoms with Gasteiger partial charge in [0.15, 0.2) is 5.17 Å². The molecule has 1 aromatic heterocycles. The third kappa shape index (κ3) is 3.20. The van der Waals surface area contributed by atoms with Crippen molar-refractivity contribution in [2.75, 3.05) is 0 Å². The van der Waals surface area contributed by atoms with E-state index in [1.807, 2.05) is 48.7 Å². The van der Waals surface area contributed by atoms with E-state index in [1.165, 1.54) is 11.8 Å². The van der Waals surface area contributed by atoms with Gasteiger partial charge in [-0.2, -0.15) is 0 Å². The van der Waals surface area contributed by atoms with Gasteiger partial charge in [-0.15, -0.1) is 11.3 Å². The molecule has 0 bridgehead atoms. The number of carbonyl (C=O) groups is 1. The fraction of sp³-hybridized carbons (Fsp3) is 0.0667. The Labute approximate surface area is 135 Å². The predicted octanol–water partition coefficient (Wildman–Crippen LogP) is 4.60. The number of nitrogens with one attached hydrogen (secondary N) is 1. The fourth-order valence-corrected chi connectivity index (χ4v) is 3.54. The number of rotatable bonds is 2. The smallest absolute Gasteiger partial charge is 0.264 e. The first kappa shape index (κ1) is 14.4. The molecule has 6 heteroatoms. The lowest BCUT2D eigenvalue weighted by molar-refractivity contribution is -0.115. The lowest BCUT2D eigenvalue weighted by Gasteiger charge is -2.02. The first-order chi connectivity index (χ1) is 10.1. The lowest BCUT2D eigenvalue weighted by atomic mass is 10.2. The summed E-state index contributed by atoms with van der Waals surface area (Å²) in [5.74, 6) is -0.119. The van der Waals surface area contributed by atoms with E-state index in [0.717, 1.165) is 16.1 Å². The van der Waals surface area contributed by atoms with Crippen molar-refractivity contribution in [2.24, 2.45) is 4.99 Å². The van der Waals surface area contributed by atoms with Gasteiger partial charge in [-0.3, -0.25) is 4.79 Å². The summed E-state index contributed by atoms with van der Waals surface area (Å²) in [6, 6.07) is 9.48. The maximum absolute atomic E-state index is 12.0. The van der Waals surface area contributed by atoms with Crippen molar-refractivity contribution in [1.29, 1.82) is 0 Å². The maximum atomic E-state index is 12.0. The highest BCUT2D eigenvalue weighted by atomic mass is 35.5. The van der Waals surface area contributed by atoms with Crippen LogP contribution in [0.25, 0.3) is 6.08 Å². The number of amides is 1. The quantitative estimate of drug-likeness (QED) is 0.815. The van der Waals surface area contributed by atoms with Gasteiger partial charge < -0.3 is 5.32 Å². The van der Waals surface area contributed by atoms with Crippen LogP contribution >= 0.6 is 34.7 Å². The number of nitrogens with zero attached hydrogens (tertiary/aromatic N) is 1. The number of hydrogen-bond donors (Lipinski definition) is 1. The Kier molecular flexibility index (Phi) is 4.14. The molecule has 0 atom stereocenters. The van der Waals surface area contributed by atoms with Crippen LogP contribution in [0.4, 0.5) is 5.69 Å². The Morgan fingerprint density at radius 1 is 1.29 bits per heavy atom. The second-order valence-electron chi connectivity index (χ2n) is 4.38. The summed E-state index contributed by atoms with van der Waals surface area (Å²) in [6.45, 7) is 1.91. The molecule has 0 saturated carbocycles. The van der Waals surface area contributed by atoms with E-state index in [9.17, 15) is 4.79 Å². The SMILES string of the molecule is Cc1c(Cl)cccc1N=C1NC(=O)C(=Cc2cccs2)S1. The van der Waals surface area contributed by atoms with Crippen LogP contribution in [0.5, 0.6) is 0 Å². The Hall–Kier alpha value is -1.56. The molecule has 1 N–H and O–H groups in total. The van der Waals surface area contributed by atoms with Gasteiger partial charge in [-0.05, 0) is 53.9 Å². The molecule has 2 aromatic rings. The molecule has 3 nitrogen and oxygen atoms in total. The minimum Gasteiger partial charge on any atom is -0.300 e. The molecule has 1 amide bonds. The first-order valence-corrected chi connectivity index (χ1v) is 8.29. The van der Waals surface area contributed by atoms with Gasteiger partial charge in [-0.1, -0.05) is 23.7 Å². The predicted molar refractivity (Wildman–Crippen MR) is 91.3 cm³/mol. The molecule has 0 spiro atoms. The summed E-state index contributed by atoms with van der Waals surface area (Å²) in [6.07, 6.45) is 1.87. The molecule has 1 aromatic carbocycles. The number of thioether (sulfide) groups is 1. The summed E-state index contributed by atoms with van der Waals surface area (Å²) < 4.78 is 0. The van der Waals surface area contributed by atoms with Crippen molar-refractivity contribution >= 4 is 57.5 Å². The molecular weight excluding hydrogens is 324 g/mol. The van der Waals surface area contributed by atoms with E-state index in [4.69, 9.17) is 11.6 Å². The van der Waals surface area contributed by atoms with Gasteiger partial charge in [0.1, 0.15) is 0 Å². The summed E-state index contributed by atoms with van der Waals surface area (Å²) in [5.41, 5.74) is 1.67. The Morgan fingerprint density at radius 2 is 2.14 bits per heavy atom. The van der Waals surface area contributed by atoms with Crippen molar-refractivity contribution in [2.45, 2.75) is 6.92 Å². The highest BCUT2D eigenvalue weighted by molar-refractivity contribution is 8.18. The third-order valence-corrected chi connectivity index (χ3v) is 5.07. The Balaban J connectivity index is 1.87. The van der Waals surface area contributed by atoms with Crippen molar-refractivity contribution in [1.82, 2.24) is 5.32 Å². The third-order valence-electron chi connectivity index (χ3n) is 2.93. The molecule has 3 rings (SSSR count). The summed E-state index contributed by atoms with van der Waals surface area (Å²) in [4.78, 5) is 18.1. The van der Waals surface area contributed by atoms with E-state index in [2.05, 4.69) is 10.3 Å². The van der Waals surface area contributed by atoms with Crippen LogP contribution in [-0.2, 0) is 4.79 Å². The topological polar surface area (TPSA) is 41.5 Å². The van der Waals surface area contributed by atoms with Crippen molar-refractivity contribution in [3.8, 4) is 0 Å². The number of benzene rings is 1. The van der Waals surface area contributed by atoms with E-state index >= 15 is 0 Å². The molecule has 1 fully saturated rings. The van der Waals surface area contributed by atoms with Crippen molar-refractivity contribution in [3.63, 3.8) is 0 Å². The second kappa shape index (κ2) is 6.05. The normalized spacial score (nSPS) is 18.5. The van der Waals surface area contributed by atoms with Crippen LogP contribution in [0.1, 0.15) is 10.4 Å². The fourth-order valence-electron chi connectivity index (χ4n) is 1.81. The Morgan fingerprint density at radius 3 is 2.90 bits per heavy atom. The van der Waals surface area contributed by atoms with Crippen LogP contribution in [0.15, 0.2) is 45.6 Å². The van der Waals surface area contributed by atoms with Gasteiger partial charge in [0.25, 0.3) is 5.91 Å². The van der Waals surface area contributed by atoms with Crippen LogP contribution in [0.3, 0.4) is 0 Å². The van der Waals surface area contributed by atoms with Gasteiger partial charge in [0, 0.05) is 9.90 Å². The van der Waals surface area contributed by atoms with E-state index in [0.29, 0.717) is 15.1 Å². The van der Waals surface area contributed by atoms with Crippen LogP contribution in [-0.4, -0.2) is 11.1 Å². The summed E-state index contributed by atoms with van der Waals surface area (Å²) in [5, 5.41) is 6.00. The largest absolute Gasteiger partial charge is 0.300 e. The molecule has 21 heavy (non-hydrogen) atoms. The summed E-state index contributed by atoms with van der Waals surface area (Å²) >= 11 is 9.01. The zero-order valence-corrected chi connectivity index (χ0v) is 13.5. The minimum atomic E-state index is -0.119. The van der Waals surface area contributed by atoms with Crippen LogP contribution in [0.2, 0.25) is 5.02 Å². The molecule has 1 aliphatic rings. The lowest BCUT2D eigenvalue weighted by Crippen LogP contribution is -2.19. The van der Waals surface area contributed by atoms with E-state index < -0.39 is 0 Å². The van der Waals surface area contributed by atoms with Gasteiger partial charge in [0.2, 0.25) is 0 Å². The van der Waals surface area contributed by atoms with Gasteiger partial charge in [0.05, 0.1) is 10.6 Å².